The van der Waals surface area contributed by atoms with Gasteiger partial charge in [0.1, 0.15) is 0 Å². The molecule has 1 unspecified atom stereocenters. The van der Waals surface area contributed by atoms with Crippen molar-refractivity contribution in [2.75, 3.05) is 6.61 Å². The summed E-state index contributed by atoms with van der Waals surface area (Å²) in [4.78, 5) is 0. The van der Waals surface area contributed by atoms with Crippen LogP contribution in [0.4, 0.5) is 0 Å². The standard InChI is InChI=1S/C11H14O2/c1-4-12-10-7-5-6-8-11(10)13-9(2)3/h5-9H,1-2,4H2,3H3. The quantitative estimate of drug-likeness (QED) is 0.705. The first-order chi connectivity index (χ1) is 6.24. The van der Waals surface area contributed by atoms with Gasteiger partial charge in [-0.2, -0.15) is 0 Å². The van der Waals surface area contributed by atoms with Crippen molar-refractivity contribution in [3.8, 4) is 11.5 Å². The second-order valence-electron chi connectivity index (χ2n) is 2.72. The Morgan fingerprint density at radius 1 is 1.31 bits per heavy atom. The molecule has 0 aromatic heterocycles. The van der Waals surface area contributed by atoms with Crippen molar-refractivity contribution in [2.45, 2.75) is 13.0 Å². The van der Waals surface area contributed by atoms with E-state index in [9.17, 15) is 0 Å². The lowest BCUT2D eigenvalue weighted by Gasteiger charge is -2.13. The van der Waals surface area contributed by atoms with Crippen molar-refractivity contribution in [3.05, 3.63) is 38.1 Å². The Balaban J connectivity index is 2.78. The summed E-state index contributed by atoms with van der Waals surface area (Å²) in [5, 5.41) is 0. The molecule has 0 heterocycles. The fourth-order valence-corrected chi connectivity index (χ4v) is 0.993. The third-order valence-corrected chi connectivity index (χ3v) is 1.43. The Labute approximate surface area is 79.5 Å². The van der Waals surface area contributed by atoms with Gasteiger partial charge >= 0.3 is 0 Å². The van der Waals surface area contributed by atoms with Crippen molar-refractivity contribution >= 4 is 0 Å². The maximum absolute atomic E-state index is 5.43. The summed E-state index contributed by atoms with van der Waals surface area (Å²) in [6.45, 7) is 9.62. The van der Waals surface area contributed by atoms with Gasteiger partial charge in [0, 0.05) is 0 Å². The molecule has 1 rings (SSSR count). The lowest BCUT2D eigenvalue weighted by Crippen LogP contribution is -2.07. The summed E-state index contributed by atoms with van der Waals surface area (Å²) in [5.74, 6) is 1.43. The van der Waals surface area contributed by atoms with Crippen molar-refractivity contribution in [1.29, 1.82) is 0 Å². The molecular formula is C11H14O2. The summed E-state index contributed by atoms with van der Waals surface area (Å²) in [5.41, 5.74) is 0. The van der Waals surface area contributed by atoms with Crippen LogP contribution in [0.5, 0.6) is 11.5 Å². The lowest BCUT2D eigenvalue weighted by molar-refractivity contribution is 0.246. The van der Waals surface area contributed by atoms with E-state index in [0.717, 1.165) is 0 Å². The number of hydrogen-bond donors (Lipinski definition) is 0. The number of benzene rings is 1. The Hall–Kier alpha value is -1.18. The van der Waals surface area contributed by atoms with Crippen LogP contribution in [-0.4, -0.2) is 12.7 Å². The van der Waals surface area contributed by atoms with E-state index in [2.05, 4.69) is 13.8 Å². The molecule has 1 aromatic rings. The maximum atomic E-state index is 5.43. The molecule has 0 spiro atoms. The van der Waals surface area contributed by atoms with E-state index in [1.807, 2.05) is 31.2 Å². The van der Waals surface area contributed by atoms with E-state index in [-0.39, 0.29) is 6.10 Å². The van der Waals surface area contributed by atoms with Crippen molar-refractivity contribution in [3.63, 3.8) is 0 Å². The van der Waals surface area contributed by atoms with Crippen molar-refractivity contribution in [1.82, 2.24) is 0 Å². The molecule has 0 bridgehead atoms. The van der Waals surface area contributed by atoms with Gasteiger partial charge in [0.25, 0.3) is 0 Å². The fourth-order valence-electron chi connectivity index (χ4n) is 0.993. The minimum absolute atomic E-state index is 0.0884. The molecule has 0 aliphatic carbocycles. The molecule has 0 amide bonds. The van der Waals surface area contributed by atoms with Gasteiger partial charge in [-0.1, -0.05) is 12.1 Å². The third kappa shape index (κ3) is 2.98. The van der Waals surface area contributed by atoms with E-state index < -0.39 is 0 Å². The van der Waals surface area contributed by atoms with Gasteiger partial charge in [-0.05, 0) is 32.9 Å². The molecule has 2 nitrogen and oxygen atoms in total. The summed E-state index contributed by atoms with van der Waals surface area (Å²) >= 11 is 0. The maximum Gasteiger partial charge on any atom is 0.161 e. The first-order valence-corrected chi connectivity index (χ1v) is 4.25. The smallest absolute Gasteiger partial charge is 0.161 e. The highest BCUT2D eigenvalue weighted by Crippen LogP contribution is 2.26. The van der Waals surface area contributed by atoms with Crippen LogP contribution in [0.1, 0.15) is 6.92 Å². The minimum atomic E-state index is -0.0884. The van der Waals surface area contributed by atoms with E-state index in [0.29, 0.717) is 18.1 Å². The topological polar surface area (TPSA) is 18.5 Å². The summed E-state index contributed by atoms with van der Waals surface area (Å²) in [6.07, 6.45) is -0.0884. The predicted octanol–water partition coefficient (Wildman–Crippen LogP) is 2.50. The Kier molecular flexibility index (Phi) is 3.62. The van der Waals surface area contributed by atoms with Gasteiger partial charge in [0.15, 0.2) is 11.5 Å². The zero-order valence-corrected chi connectivity index (χ0v) is 7.82. The summed E-state index contributed by atoms with van der Waals surface area (Å²) < 4.78 is 10.7. The van der Waals surface area contributed by atoms with Crippen molar-refractivity contribution in [2.24, 2.45) is 0 Å². The number of hydrogen-bond acceptors (Lipinski definition) is 2. The average molecular weight is 178 g/mol. The zero-order chi connectivity index (χ0) is 9.68. The fraction of sp³-hybridized carbons (Fsp3) is 0.273. The van der Waals surface area contributed by atoms with Crippen LogP contribution in [0.25, 0.3) is 0 Å². The van der Waals surface area contributed by atoms with Gasteiger partial charge in [-0.25, -0.2) is 0 Å². The van der Waals surface area contributed by atoms with Gasteiger partial charge in [0.05, 0.1) is 12.7 Å². The van der Waals surface area contributed by atoms with Gasteiger partial charge in [-0.3, -0.25) is 0 Å². The van der Waals surface area contributed by atoms with Crippen molar-refractivity contribution < 1.29 is 9.47 Å². The van der Waals surface area contributed by atoms with Crippen LogP contribution < -0.4 is 9.47 Å². The molecule has 0 saturated carbocycles. The highest BCUT2D eigenvalue weighted by atomic mass is 16.5. The average Bonchev–Trinajstić information content (AvgIpc) is 2.08. The third-order valence-electron chi connectivity index (χ3n) is 1.43. The van der Waals surface area contributed by atoms with Gasteiger partial charge in [0.2, 0.25) is 0 Å². The summed E-state index contributed by atoms with van der Waals surface area (Å²) in [7, 11) is 0. The van der Waals surface area contributed by atoms with E-state index >= 15 is 0 Å². The molecule has 0 aliphatic rings. The molecule has 0 fully saturated rings. The highest BCUT2D eigenvalue weighted by molar-refractivity contribution is 5.39. The SMILES string of the molecule is [CH2]COc1ccccc1OC([CH2])C. The second kappa shape index (κ2) is 4.75. The monoisotopic (exact) mass is 178 g/mol. The van der Waals surface area contributed by atoms with Gasteiger partial charge in [-0.15, -0.1) is 0 Å². The number of para-hydroxylation sites is 2. The van der Waals surface area contributed by atoms with E-state index in [1.165, 1.54) is 0 Å². The highest BCUT2D eigenvalue weighted by Gasteiger charge is 2.04. The molecular weight excluding hydrogens is 164 g/mol. The predicted molar refractivity (Wildman–Crippen MR) is 52.7 cm³/mol. The molecule has 0 N–H and O–H groups in total. The molecule has 0 saturated heterocycles. The largest absolute Gasteiger partial charge is 0.490 e. The zero-order valence-electron chi connectivity index (χ0n) is 7.82. The van der Waals surface area contributed by atoms with E-state index in [4.69, 9.17) is 9.47 Å². The molecule has 1 atom stereocenters. The molecule has 0 aliphatic heterocycles. The molecule has 2 heteroatoms. The van der Waals surface area contributed by atoms with Crippen LogP contribution in [0.15, 0.2) is 24.3 Å². The Morgan fingerprint density at radius 3 is 2.46 bits per heavy atom. The van der Waals surface area contributed by atoms with Crippen LogP contribution in [0.3, 0.4) is 0 Å². The minimum Gasteiger partial charge on any atom is -0.490 e. The normalized spacial score (nSPS) is 10.2. The Bertz CT molecular complexity index is 256. The molecule has 13 heavy (non-hydrogen) atoms. The molecule has 2 radical (unpaired) electrons. The van der Waals surface area contributed by atoms with Crippen LogP contribution in [-0.2, 0) is 0 Å². The number of ether oxygens (including phenoxy) is 2. The van der Waals surface area contributed by atoms with Crippen LogP contribution in [0.2, 0.25) is 0 Å². The first kappa shape index (κ1) is 9.90. The van der Waals surface area contributed by atoms with Crippen LogP contribution in [0, 0.1) is 13.8 Å². The van der Waals surface area contributed by atoms with Crippen LogP contribution >= 0.6 is 0 Å². The van der Waals surface area contributed by atoms with E-state index in [1.54, 1.807) is 0 Å². The first-order valence-electron chi connectivity index (χ1n) is 4.25. The van der Waals surface area contributed by atoms with Gasteiger partial charge < -0.3 is 9.47 Å². The molecule has 70 valence electrons. The second-order valence-corrected chi connectivity index (χ2v) is 2.72. The summed E-state index contributed by atoms with van der Waals surface area (Å²) in [6, 6.07) is 7.49. The Morgan fingerprint density at radius 2 is 1.92 bits per heavy atom. The number of rotatable bonds is 4. The molecule has 1 aromatic carbocycles. The lowest BCUT2D eigenvalue weighted by atomic mass is 10.3.